The Kier molecular flexibility index (Phi) is 3.34. The third kappa shape index (κ3) is 2.17. The molecule has 0 saturated carbocycles. The lowest BCUT2D eigenvalue weighted by atomic mass is 10.0. The molecule has 11 heavy (non-hydrogen) atoms. The van der Waals surface area contributed by atoms with Crippen molar-refractivity contribution < 1.29 is 4.74 Å². The molecule has 0 N–H and O–H groups in total. The van der Waals surface area contributed by atoms with Crippen LogP contribution in [0.15, 0.2) is 0 Å². The molecule has 0 aromatic carbocycles. The van der Waals surface area contributed by atoms with Gasteiger partial charge in [0.15, 0.2) is 0 Å². The fourth-order valence-corrected chi connectivity index (χ4v) is 1.78. The zero-order chi connectivity index (χ0) is 8.27. The van der Waals surface area contributed by atoms with E-state index < -0.39 is 0 Å². The van der Waals surface area contributed by atoms with Gasteiger partial charge in [0.25, 0.3) is 0 Å². The Morgan fingerprint density at radius 1 is 1.45 bits per heavy atom. The summed E-state index contributed by atoms with van der Waals surface area (Å²) in [6, 6.07) is 0.756. The number of nitrogens with zero attached hydrogens (tertiary/aromatic N) is 1. The number of piperidine rings is 1. The van der Waals surface area contributed by atoms with Gasteiger partial charge in [0.1, 0.15) is 0 Å². The van der Waals surface area contributed by atoms with Crippen LogP contribution in [0.3, 0.4) is 0 Å². The largest absolute Gasteiger partial charge is 0.380 e. The highest BCUT2D eigenvalue weighted by Crippen LogP contribution is 2.17. The normalized spacial score (nSPS) is 34.1. The van der Waals surface area contributed by atoms with Gasteiger partial charge < -0.3 is 4.74 Å². The van der Waals surface area contributed by atoms with Gasteiger partial charge >= 0.3 is 0 Å². The standard InChI is InChI=1S/C9H19NO/c1-4-10-7-9(11-3)6-5-8(10)2/h8-9H,4-7H2,1-3H3/t8-,9+/m1/s1. The van der Waals surface area contributed by atoms with E-state index in [0.717, 1.165) is 19.1 Å². The average Bonchev–Trinajstić information content (AvgIpc) is 2.05. The van der Waals surface area contributed by atoms with Crippen LogP contribution in [0.5, 0.6) is 0 Å². The molecule has 1 heterocycles. The Labute approximate surface area is 69.5 Å². The molecule has 2 nitrogen and oxygen atoms in total. The summed E-state index contributed by atoms with van der Waals surface area (Å²) < 4.78 is 5.33. The predicted molar refractivity (Wildman–Crippen MR) is 46.7 cm³/mol. The third-order valence-corrected chi connectivity index (χ3v) is 2.71. The van der Waals surface area contributed by atoms with E-state index >= 15 is 0 Å². The van der Waals surface area contributed by atoms with Crippen molar-refractivity contribution in [3.63, 3.8) is 0 Å². The topological polar surface area (TPSA) is 12.5 Å². The molecule has 0 radical (unpaired) electrons. The fourth-order valence-electron chi connectivity index (χ4n) is 1.78. The highest BCUT2D eigenvalue weighted by Gasteiger charge is 2.23. The number of likely N-dealkylation sites (tertiary alicyclic amines) is 1. The molecule has 2 heteroatoms. The lowest BCUT2D eigenvalue weighted by Crippen LogP contribution is -2.44. The average molecular weight is 157 g/mol. The van der Waals surface area contributed by atoms with E-state index in [9.17, 15) is 0 Å². The number of methoxy groups -OCH3 is 1. The van der Waals surface area contributed by atoms with Gasteiger partial charge in [-0.2, -0.15) is 0 Å². The Morgan fingerprint density at radius 3 is 2.73 bits per heavy atom. The maximum absolute atomic E-state index is 5.33. The molecular formula is C9H19NO. The summed E-state index contributed by atoms with van der Waals surface area (Å²) in [5.41, 5.74) is 0. The van der Waals surface area contributed by atoms with Crippen molar-refractivity contribution in [1.82, 2.24) is 4.90 Å². The summed E-state index contributed by atoms with van der Waals surface area (Å²) >= 11 is 0. The van der Waals surface area contributed by atoms with Crippen LogP contribution in [0.1, 0.15) is 26.7 Å². The number of likely N-dealkylation sites (N-methyl/N-ethyl adjacent to an activating group) is 1. The first-order valence-corrected chi connectivity index (χ1v) is 4.54. The highest BCUT2D eigenvalue weighted by molar-refractivity contribution is 4.77. The third-order valence-electron chi connectivity index (χ3n) is 2.71. The van der Waals surface area contributed by atoms with Crippen molar-refractivity contribution in [1.29, 1.82) is 0 Å². The van der Waals surface area contributed by atoms with Crippen molar-refractivity contribution in [2.24, 2.45) is 0 Å². The molecule has 2 atom stereocenters. The van der Waals surface area contributed by atoms with Crippen molar-refractivity contribution in [2.75, 3.05) is 20.2 Å². The summed E-state index contributed by atoms with van der Waals surface area (Å²) in [5, 5.41) is 0. The second kappa shape index (κ2) is 4.07. The minimum atomic E-state index is 0.478. The number of ether oxygens (including phenoxy) is 1. The maximum atomic E-state index is 5.33. The molecule has 0 aromatic rings. The molecule has 1 aliphatic rings. The summed E-state index contributed by atoms with van der Waals surface area (Å²) in [7, 11) is 1.81. The smallest absolute Gasteiger partial charge is 0.0698 e. The first-order valence-electron chi connectivity index (χ1n) is 4.54. The quantitative estimate of drug-likeness (QED) is 0.602. The minimum absolute atomic E-state index is 0.478. The molecule has 0 aliphatic carbocycles. The predicted octanol–water partition coefficient (Wildman–Crippen LogP) is 1.51. The van der Waals surface area contributed by atoms with E-state index in [1.54, 1.807) is 0 Å². The monoisotopic (exact) mass is 157 g/mol. The van der Waals surface area contributed by atoms with Gasteiger partial charge in [0.2, 0.25) is 0 Å². The van der Waals surface area contributed by atoms with Gasteiger partial charge in [-0.3, -0.25) is 4.90 Å². The molecule has 0 bridgehead atoms. The van der Waals surface area contributed by atoms with Gasteiger partial charge in [0, 0.05) is 19.7 Å². The molecule has 0 spiro atoms. The van der Waals surface area contributed by atoms with Gasteiger partial charge in [-0.25, -0.2) is 0 Å². The molecule has 0 unspecified atom stereocenters. The second-order valence-corrected chi connectivity index (χ2v) is 3.37. The Bertz CT molecular complexity index is 116. The van der Waals surface area contributed by atoms with Crippen LogP contribution in [0.4, 0.5) is 0 Å². The van der Waals surface area contributed by atoms with E-state index in [1.807, 2.05) is 7.11 Å². The Balaban J connectivity index is 2.37. The van der Waals surface area contributed by atoms with Gasteiger partial charge in [-0.15, -0.1) is 0 Å². The molecule has 66 valence electrons. The fraction of sp³-hybridized carbons (Fsp3) is 1.00. The minimum Gasteiger partial charge on any atom is -0.380 e. The van der Waals surface area contributed by atoms with E-state index in [-0.39, 0.29) is 0 Å². The van der Waals surface area contributed by atoms with Crippen LogP contribution >= 0.6 is 0 Å². The zero-order valence-corrected chi connectivity index (χ0v) is 7.84. The van der Waals surface area contributed by atoms with Gasteiger partial charge in [-0.05, 0) is 26.3 Å². The SMILES string of the molecule is CCN1C[C@@H](OC)CC[C@H]1C. The lowest BCUT2D eigenvalue weighted by molar-refractivity contribution is 0.0122. The summed E-state index contributed by atoms with van der Waals surface area (Å²) in [4.78, 5) is 2.48. The van der Waals surface area contributed by atoms with Crippen LogP contribution in [-0.4, -0.2) is 37.2 Å². The molecule has 1 rings (SSSR count). The maximum Gasteiger partial charge on any atom is 0.0698 e. The highest BCUT2D eigenvalue weighted by atomic mass is 16.5. The lowest BCUT2D eigenvalue weighted by Gasteiger charge is -2.36. The van der Waals surface area contributed by atoms with Crippen LogP contribution < -0.4 is 0 Å². The molecule has 0 amide bonds. The number of hydrogen-bond donors (Lipinski definition) is 0. The van der Waals surface area contributed by atoms with E-state index in [2.05, 4.69) is 18.7 Å². The Morgan fingerprint density at radius 2 is 2.18 bits per heavy atom. The van der Waals surface area contributed by atoms with E-state index in [4.69, 9.17) is 4.74 Å². The Hall–Kier alpha value is -0.0800. The molecule has 1 saturated heterocycles. The van der Waals surface area contributed by atoms with Crippen LogP contribution in [0.2, 0.25) is 0 Å². The molecule has 1 aliphatic heterocycles. The second-order valence-electron chi connectivity index (χ2n) is 3.37. The van der Waals surface area contributed by atoms with E-state index in [0.29, 0.717) is 6.10 Å². The van der Waals surface area contributed by atoms with Crippen LogP contribution in [-0.2, 0) is 4.74 Å². The van der Waals surface area contributed by atoms with Gasteiger partial charge in [0.05, 0.1) is 6.10 Å². The van der Waals surface area contributed by atoms with Crippen molar-refractivity contribution in [3.05, 3.63) is 0 Å². The number of rotatable bonds is 2. The number of hydrogen-bond acceptors (Lipinski definition) is 2. The zero-order valence-electron chi connectivity index (χ0n) is 7.84. The first kappa shape index (κ1) is 9.01. The molecule has 0 aromatic heterocycles. The van der Waals surface area contributed by atoms with Crippen LogP contribution in [0, 0.1) is 0 Å². The van der Waals surface area contributed by atoms with Gasteiger partial charge in [-0.1, -0.05) is 6.92 Å². The van der Waals surface area contributed by atoms with Crippen molar-refractivity contribution >= 4 is 0 Å². The van der Waals surface area contributed by atoms with Crippen molar-refractivity contribution in [2.45, 2.75) is 38.8 Å². The van der Waals surface area contributed by atoms with E-state index in [1.165, 1.54) is 12.8 Å². The molecular weight excluding hydrogens is 138 g/mol. The van der Waals surface area contributed by atoms with Crippen LogP contribution in [0.25, 0.3) is 0 Å². The first-order chi connectivity index (χ1) is 5.27. The van der Waals surface area contributed by atoms with Crippen molar-refractivity contribution in [3.8, 4) is 0 Å². The summed E-state index contributed by atoms with van der Waals surface area (Å²) in [5.74, 6) is 0. The summed E-state index contributed by atoms with van der Waals surface area (Å²) in [6.45, 7) is 6.79. The summed E-state index contributed by atoms with van der Waals surface area (Å²) in [6.07, 6.45) is 2.99. The molecule has 1 fully saturated rings.